The van der Waals surface area contributed by atoms with Crippen LogP contribution in [0.1, 0.15) is 16.1 Å². The van der Waals surface area contributed by atoms with E-state index in [9.17, 15) is 4.79 Å². The van der Waals surface area contributed by atoms with Crippen molar-refractivity contribution in [2.75, 3.05) is 55.0 Å². The average molecular weight is 408 g/mol. The van der Waals surface area contributed by atoms with Crippen LogP contribution >= 0.6 is 0 Å². The average Bonchev–Trinajstić information content (AvgIpc) is 3.31. The summed E-state index contributed by atoms with van der Waals surface area (Å²) in [4.78, 5) is 26.1. The lowest BCUT2D eigenvalue weighted by Crippen LogP contribution is -2.37. The van der Waals surface area contributed by atoms with Crippen LogP contribution in [0, 0.1) is 0 Å². The number of aromatic nitrogens is 3. The molecule has 1 aliphatic heterocycles. The molecule has 0 unspecified atom stereocenters. The standard InChI is InChI=1S/C21H24N6O3/c1-26(8-7-16-5-3-2-4-6-16)21-24-18(20(28)23-17-14-22-30-15-17)13-19(25-21)27-9-11-29-12-10-27/h2-6,13-15H,7-12H2,1H3,(H,23,28). The van der Waals surface area contributed by atoms with E-state index in [1.807, 2.05) is 30.1 Å². The molecule has 9 nitrogen and oxygen atoms in total. The Morgan fingerprint density at radius 2 is 2.00 bits per heavy atom. The molecular formula is C21H24N6O3. The molecule has 156 valence electrons. The van der Waals surface area contributed by atoms with E-state index in [4.69, 9.17) is 14.2 Å². The number of carbonyl (C=O) groups excluding carboxylic acids is 1. The van der Waals surface area contributed by atoms with Crippen molar-refractivity contribution in [1.82, 2.24) is 15.1 Å². The molecule has 0 saturated carbocycles. The third-order valence-electron chi connectivity index (χ3n) is 4.88. The minimum absolute atomic E-state index is 0.286. The van der Waals surface area contributed by atoms with Crippen molar-refractivity contribution in [3.05, 3.63) is 60.1 Å². The van der Waals surface area contributed by atoms with Gasteiger partial charge in [-0.15, -0.1) is 0 Å². The molecule has 4 rings (SSSR count). The molecule has 1 N–H and O–H groups in total. The lowest BCUT2D eigenvalue weighted by Gasteiger charge is -2.29. The van der Waals surface area contributed by atoms with Crippen molar-refractivity contribution in [3.63, 3.8) is 0 Å². The quantitative estimate of drug-likeness (QED) is 0.636. The van der Waals surface area contributed by atoms with Crippen molar-refractivity contribution < 1.29 is 14.1 Å². The molecule has 2 aromatic heterocycles. The summed E-state index contributed by atoms with van der Waals surface area (Å²) >= 11 is 0. The second-order valence-electron chi connectivity index (χ2n) is 7.04. The highest BCUT2D eigenvalue weighted by atomic mass is 16.5. The number of nitrogens with zero attached hydrogens (tertiary/aromatic N) is 5. The highest BCUT2D eigenvalue weighted by Gasteiger charge is 2.19. The van der Waals surface area contributed by atoms with Crippen LogP contribution < -0.4 is 15.1 Å². The second-order valence-corrected chi connectivity index (χ2v) is 7.04. The Labute approximate surface area is 174 Å². The van der Waals surface area contributed by atoms with Crippen molar-refractivity contribution in [2.24, 2.45) is 0 Å². The zero-order valence-corrected chi connectivity index (χ0v) is 16.8. The highest BCUT2D eigenvalue weighted by molar-refractivity contribution is 6.03. The van der Waals surface area contributed by atoms with Crippen LogP contribution in [0.2, 0.25) is 0 Å². The number of hydrogen-bond donors (Lipinski definition) is 1. The third-order valence-corrected chi connectivity index (χ3v) is 4.88. The highest BCUT2D eigenvalue weighted by Crippen LogP contribution is 2.20. The first kappa shape index (κ1) is 19.8. The zero-order chi connectivity index (χ0) is 20.8. The Morgan fingerprint density at radius 1 is 1.20 bits per heavy atom. The normalized spacial score (nSPS) is 13.8. The predicted octanol–water partition coefficient (Wildman–Crippen LogP) is 2.23. The number of amides is 1. The summed E-state index contributed by atoms with van der Waals surface area (Å²) in [5.74, 6) is 0.878. The van der Waals surface area contributed by atoms with Crippen LogP contribution in [-0.2, 0) is 11.2 Å². The molecule has 0 atom stereocenters. The Hall–Kier alpha value is -3.46. The first-order valence-corrected chi connectivity index (χ1v) is 9.86. The van der Waals surface area contributed by atoms with Crippen molar-refractivity contribution in [2.45, 2.75) is 6.42 Å². The van der Waals surface area contributed by atoms with Gasteiger partial charge in [-0.05, 0) is 12.0 Å². The summed E-state index contributed by atoms with van der Waals surface area (Å²) in [5, 5.41) is 6.35. The number of morpholine rings is 1. The number of carbonyl (C=O) groups is 1. The molecule has 1 fully saturated rings. The van der Waals surface area contributed by atoms with Gasteiger partial charge in [0.1, 0.15) is 23.5 Å². The number of ether oxygens (including phenoxy) is 1. The van der Waals surface area contributed by atoms with E-state index in [0.29, 0.717) is 30.7 Å². The van der Waals surface area contributed by atoms with Crippen molar-refractivity contribution in [3.8, 4) is 0 Å². The molecule has 1 saturated heterocycles. The Morgan fingerprint density at radius 3 is 2.73 bits per heavy atom. The Balaban J connectivity index is 1.56. The molecule has 0 bridgehead atoms. The maximum Gasteiger partial charge on any atom is 0.274 e. The van der Waals surface area contributed by atoms with Gasteiger partial charge in [-0.25, -0.2) is 4.98 Å². The van der Waals surface area contributed by atoms with Gasteiger partial charge in [-0.2, -0.15) is 4.98 Å². The topological polar surface area (TPSA) is 96.6 Å². The fraction of sp³-hybridized carbons (Fsp3) is 0.333. The lowest BCUT2D eigenvalue weighted by atomic mass is 10.1. The molecular weight excluding hydrogens is 384 g/mol. The lowest BCUT2D eigenvalue weighted by molar-refractivity contribution is 0.102. The summed E-state index contributed by atoms with van der Waals surface area (Å²) < 4.78 is 10.2. The van der Waals surface area contributed by atoms with Gasteiger partial charge in [-0.1, -0.05) is 35.5 Å². The number of nitrogens with one attached hydrogen (secondary N) is 1. The molecule has 0 aliphatic carbocycles. The van der Waals surface area contributed by atoms with E-state index < -0.39 is 0 Å². The van der Waals surface area contributed by atoms with Crippen LogP contribution in [0.5, 0.6) is 0 Å². The molecule has 9 heteroatoms. The number of benzene rings is 1. The van der Waals surface area contributed by atoms with Crippen LogP contribution in [0.3, 0.4) is 0 Å². The van der Waals surface area contributed by atoms with Crippen LogP contribution in [-0.4, -0.2) is 60.9 Å². The van der Waals surface area contributed by atoms with Gasteiger partial charge in [0.25, 0.3) is 5.91 Å². The number of rotatable bonds is 7. The SMILES string of the molecule is CN(CCc1ccccc1)c1nc(C(=O)Nc2cnoc2)cc(N2CCOCC2)n1. The molecule has 0 spiro atoms. The Kier molecular flexibility index (Phi) is 6.19. The van der Waals surface area contributed by atoms with Gasteiger partial charge in [-0.3, -0.25) is 4.79 Å². The summed E-state index contributed by atoms with van der Waals surface area (Å²) in [6, 6.07) is 12.0. The number of anilines is 3. The number of hydrogen-bond acceptors (Lipinski definition) is 8. The van der Waals surface area contributed by atoms with E-state index in [1.165, 1.54) is 18.0 Å². The molecule has 30 heavy (non-hydrogen) atoms. The summed E-state index contributed by atoms with van der Waals surface area (Å²) in [7, 11) is 1.93. The molecule has 3 aromatic rings. The monoisotopic (exact) mass is 408 g/mol. The molecule has 3 heterocycles. The van der Waals surface area contributed by atoms with Gasteiger partial charge < -0.3 is 24.4 Å². The third kappa shape index (κ3) is 4.93. The molecule has 1 aromatic carbocycles. The van der Waals surface area contributed by atoms with E-state index >= 15 is 0 Å². The molecule has 0 radical (unpaired) electrons. The first-order chi connectivity index (χ1) is 14.7. The fourth-order valence-electron chi connectivity index (χ4n) is 3.17. The largest absolute Gasteiger partial charge is 0.378 e. The van der Waals surface area contributed by atoms with Gasteiger partial charge in [0, 0.05) is 32.7 Å². The molecule has 1 amide bonds. The summed E-state index contributed by atoms with van der Waals surface area (Å²) in [6.07, 6.45) is 3.66. The van der Waals surface area contributed by atoms with Crippen LogP contribution in [0.15, 0.2) is 53.4 Å². The van der Waals surface area contributed by atoms with Crippen LogP contribution in [0.25, 0.3) is 0 Å². The maximum atomic E-state index is 12.8. The van der Waals surface area contributed by atoms with Gasteiger partial charge in [0.15, 0.2) is 0 Å². The van der Waals surface area contributed by atoms with E-state index in [-0.39, 0.29) is 11.6 Å². The second kappa shape index (κ2) is 9.36. The smallest absolute Gasteiger partial charge is 0.274 e. The van der Waals surface area contributed by atoms with Crippen LogP contribution in [0.4, 0.5) is 17.5 Å². The first-order valence-electron chi connectivity index (χ1n) is 9.86. The van der Waals surface area contributed by atoms with Crippen molar-refractivity contribution in [1.29, 1.82) is 0 Å². The predicted molar refractivity (Wildman–Crippen MR) is 113 cm³/mol. The van der Waals surface area contributed by atoms with Crippen molar-refractivity contribution >= 4 is 23.4 Å². The summed E-state index contributed by atoms with van der Waals surface area (Å²) in [6.45, 7) is 3.42. The minimum atomic E-state index is -0.340. The van der Waals surface area contributed by atoms with Gasteiger partial charge in [0.05, 0.1) is 19.4 Å². The van der Waals surface area contributed by atoms with E-state index in [2.05, 4.69) is 32.5 Å². The van der Waals surface area contributed by atoms with Gasteiger partial charge >= 0.3 is 0 Å². The number of likely N-dealkylation sites (N-methyl/N-ethyl adjacent to an activating group) is 1. The van der Waals surface area contributed by atoms with E-state index in [0.717, 1.165) is 26.1 Å². The maximum absolute atomic E-state index is 12.8. The fourth-order valence-corrected chi connectivity index (χ4v) is 3.17. The minimum Gasteiger partial charge on any atom is -0.378 e. The molecule has 1 aliphatic rings. The van der Waals surface area contributed by atoms with E-state index in [1.54, 1.807) is 6.07 Å². The van der Waals surface area contributed by atoms with Gasteiger partial charge in [0.2, 0.25) is 5.95 Å². The Bertz CT molecular complexity index is 958. The summed E-state index contributed by atoms with van der Waals surface area (Å²) in [5.41, 5.74) is 2.00. The zero-order valence-electron chi connectivity index (χ0n) is 16.8.